The first-order valence-electron chi connectivity index (χ1n) is 3.67. The Balaban J connectivity index is 2.48. The normalized spacial score (nSPS) is 24.9. The zero-order chi connectivity index (χ0) is 7.78. The van der Waals surface area contributed by atoms with Gasteiger partial charge < -0.3 is 5.73 Å². The number of hydrogen-bond donors (Lipinski definition) is 1. The largest absolute Gasteiger partial charge is 0.325 e. The molecule has 1 nitrogen and oxygen atoms in total. The van der Waals surface area contributed by atoms with Gasteiger partial charge in [-0.1, -0.05) is 6.92 Å². The number of nitrogens with two attached hydrogens (primary N) is 1. The Morgan fingerprint density at radius 1 is 1.50 bits per heavy atom. The van der Waals surface area contributed by atoms with Crippen molar-refractivity contribution < 1.29 is 8.78 Å². The zero-order valence-corrected chi connectivity index (χ0v) is 6.11. The monoisotopic (exact) mass is 149 g/mol. The first-order valence-corrected chi connectivity index (χ1v) is 3.67. The Morgan fingerprint density at radius 3 is 2.10 bits per heavy atom. The summed E-state index contributed by atoms with van der Waals surface area (Å²) in [6, 6.07) is 0. The number of hydrogen-bond acceptors (Lipinski definition) is 1. The fourth-order valence-electron chi connectivity index (χ4n) is 1.35. The molecule has 0 aromatic rings. The number of halogens is 2. The molecule has 1 fully saturated rings. The van der Waals surface area contributed by atoms with Crippen molar-refractivity contribution in [1.29, 1.82) is 0 Å². The van der Waals surface area contributed by atoms with Crippen molar-refractivity contribution in [3.8, 4) is 0 Å². The van der Waals surface area contributed by atoms with Gasteiger partial charge in [0, 0.05) is 11.5 Å². The van der Waals surface area contributed by atoms with Crippen molar-refractivity contribution in [3.63, 3.8) is 0 Å². The summed E-state index contributed by atoms with van der Waals surface area (Å²) in [5, 5.41) is 0. The maximum absolute atomic E-state index is 12.2. The molecule has 3 heteroatoms. The lowest BCUT2D eigenvalue weighted by molar-refractivity contribution is 0.0551. The summed E-state index contributed by atoms with van der Waals surface area (Å²) in [6.45, 7) is 1.77. The van der Waals surface area contributed by atoms with Gasteiger partial charge in [0.2, 0.25) is 6.43 Å². The van der Waals surface area contributed by atoms with Gasteiger partial charge in [0.15, 0.2) is 0 Å². The maximum atomic E-state index is 12.2. The average Bonchev–Trinajstić information content (AvgIpc) is 2.49. The molecular formula is C7H13F2N. The van der Waals surface area contributed by atoms with Crippen molar-refractivity contribution in [2.45, 2.75) is 38.2 Å². The number of alkyl halides is 2. The summed E-state index contributed by atoms with van der Waals surface area (Å²) in [7, 11) is 0. The minimum atomic E-state index is -2.24. The van der Waals surface area contributed by atoms with Crippen molar-refractivity contribution >= 4 is 0 Å². The highest BCUT2D eigenvalue weighted by molar-refractivity contribution is 5.04. The molecule has 0 bridgehead atoms. The van der Waals surface area contributed by atoms with E-state index in [9.17, 15) is 8.78 Å². The minimum Gasteiger partial charge on any atom is -0.325 e. The summed E-state index contributed by atoms with van der Waals surface area (Å²) < 4.78 is 24.3. The molecule has 0 amide bonds. The van der Waals surface area contributed by atoms with Crippen LogP contribution in [-0.4, -0.2) is 12.0 Å². The molecule has 0 spiro atoms. The third-order valence-electron chi connectivity index (χ3n) is 2.31. The van der Waals surface area contributed by atoms with Crippen LogP contribution < -0.4 is 5.73 Å². The molecule has 1 atom stereocenters. The van der Waals surface area contributed by atoms with Crippen molar-refractivity contribution in [1.82, 2.24) is 0 Å². The molecule has 0 heterocycles. The van der Waals surface area contributed by atoms with Gasteiger partial charge >= 0.3 is 0 Å². The summed E-state index contributed by atoms with van der Waals surface area (Å²) in [6.07, 6.45) is -0.197. The SMILES string of the molecule is CCC(C(F)F)C1(N)CC1. The van der Waals surface area contributed by atoms with Crippen molar-refractivity contribution in [2.75, 3.05) is 0 Å². The molecule has 0 radical (unpaired) electrons. The van der Waals surface area contributed by atoms with Crippen LogP contribution in [0.2, 0.25) is 0 Å². The van der Waals surface area contributed by atoms with Crippen LogP contribution in [0.15, 0.2) is 0 Å². The lowest BCUT2D eigenvalue weighted by Gasteiger charge is -2.20. The Morgan fingerprint density at radius 2 is 2.00 bits per heavy atom. The fourth-order valence-corrected chi connectivity index (χ4v) is 1.35. The van der Waals surface area contributed by atoms with Gasteiger partial charge in [0.25, 0.3) is 0 Å². The van der Waals surface area contributed by atoms with E-state index in [2.05, 4.69) is 0 Å². The van der Waals surface area contributed by atoms with Crippen LogP contribution in [0.4, 0.5) is 8.78 Å². The zero-order valence-electron chi connectivity index (χ0n) is 6.11. The summed E-state index contributed by atoms with van der Waals surface area (Å²) >= 11 is 0. The predicted molar refractivity (Wildman–Crippen MR) is 35.9 cm³/mol. The van der Waals surface area contributed by atoms with E-state index in [-0.39, 0.29) is 0 Å². The van der Waals surface area contributed by atoms with Crippen LogP contribution in [0.5, 0.6) is 0 Å². The third kappa shape index (κ3) is 1.29. The Bertz CT molecular complexity index is 121. The molecule has 0 aliphatic heterocycles. The van der Waals surface area contributed by atoms with Crippen LogP contribution in [0.25, 0.3) is 0 Å². The van der Waals surface area contributed by atoms with Crippen LogP contribution in [-0.2, 0) is 0 Å². The second kappa shape index (κ2) is 2.46. The molecular weight excluding hydrogens is 136 g/mol. The maximum Gasteiger partial charge on any atom is 0.243 e. The second-order valence-electron chi connectivity index (χ2n) is 3.08. The van der Waals surface area contributed by atoms with Gasteiger partial charge in [-0.25, -0.2) is 8.78 Å². The molecule has 1 rings (SSSR count). The lowest BCUT2D eigenvalue weighted by Crippen LogP contribution is -2.36. The fraction of sp³-hybridized carbons (Fsp3) is 1.00. The average molecular weight is 149 g/mol. The van der Waals surface area contributed by atoms with E-state index < -0.39 is 17.9 Å². The highest BCUT2D eigenvalue weighted by Gasteiger charge is 2.48. The van der Waals surface area contributed by atoms with E-state index >= 15 is 0 Å². The van der Waals surface area contributed by atoms with Gasteiger partial charge in [-0.2, -0.15) is 0 Å². The number of rotatable bonds is 3. The lowest BCUT2D eigenvalue weighted by atomic mass is 9.96. The molecule has 0 saturated heterocycles. The van der Waals surface area contributed by atoms with Gasteiger partial charge in [-0.15, -0.1) is 0 Å². The van der Waals surface area contributed by atoms with Crippen molar-refractivity contribution in [3.05, 3.63) is 0 Å². The quantitative estimate of drug-likeness (QED) is 0.650. The van der Waals surface area contributed by atoms with Crippen LogP contribution >= 0.6 is 0 Å². The van der Waals surface area contributed by atoms with E-state index in [0.29, 0.717) is 6.42 Å². The van der Waals surface area contributed by atoms with Gasteiger partial charge in [0.05, 0.1) is 0 Å². The Labute approximate surface area is 59.6 Å². The summed E-state index contributed by atoms with van der Waals surface area (Å²) in [5.74, 6) is -0.576. The summed E-state index contributed by atoms with van der Waals surface area (Å²) in [4.78, 5) is 0. The standard InChI is InChI=1S/C7H13F2N/c1-2-5(6(8)9)7(10)3-4-7/h5-6H,2-4,10H2,1H3. The molecule has 60 valence electrons. The van der Waals surface area contributed by atoms with E-state index in [1.54, 1.807) is 6.92 Å². The smallest absolute Gasteiger partial charge is 0.243 e. The molecule has 1 aliphatic rings. The van der Waals surface area contributed by atoms with E-state index in [1.165, 1.54) is 0 Å². The first-order chi connectivity index (χ1) is 4.60. The van der Waals surface area contributed by atoms with Gasteiger partial charge in [-0.05, 0) is 19.3 Å². The highest BCUT2D eigenvalue weighted by atomic mass is 19.3. The van der Waals surface area contributed by atoms with Crippen LogP contribution in [0, 0.1) is 5.92 Å². The molecule has 2 N–H and O–H groups in total. The van der Waals surface area contributed by atoms with Gasteiger partial charge in [0.1, 0.15) is 0 Å². The van der Waals surface area contributed by atoms with E-state index in [4.69, 9.17) is 5.73 Å². The van der Waals surface area contributed by atoms with Crippen molar-refractivity contribution in [2.24, 2.45) is 11.7 Å². The van der Waals surface area contributed by atoms with Gasteiger partial charge in [-0.3, -0.25) is 0 Å². The summed E-state index contributed by atoms with van der Waals surface area (Å²) in [5.41, 5.74) is 5.11. The molecule has 1 saturated carbocycles. The van der Waals surface area contributed by atoms with E-state index in [0.717, 1.165) is 12.8 Å². The third-order valence-corrected chi connectivity index (χ3v) is 2.31. The molecule has 0 aromatic heterocycles. The Hall–Kier alpha value is -0.180. The minimum absolute atomic E-state index is 0.494. The molecule has 1 aliphatic carbocycles. The predicted octanol–water partition coefficient (Wildman–Crippen LogP) is 1.77. The highest BCUT2D eigenvalue weighted by Crippen LogP contribution is 2.43. The molecule has 1 unspecified atom stereocenters. The van der Waals surface area contributed by atoms with Crippen LogP contribution in [0.3, 0.4) is 0 Å². The molecule has 0 aromatic carbocycles. The van der Waals surface area contributed by atoms with Crippen LogP contribution in [0.1, 0.15) is 26.2 Å². The van der Waals surface area contributed by atoms with E-state index in [1.807, 2.05) is 0 Å². The second-order valence-corrected chi connectivity index (χ2v) is 3.08. The Kier molecular flexibility index (Phi) is 1.95. The first kappa shape index (κ1) is 7.92. The topological polar surface area (TPSA) is 26.0 Å². The molecule has 10 heavy (non-hydrogen) atoms.